The average Bonchev–Trinajstić information content (AvgIpc) is 3.02. The van der Waals surface area contributed by atoms with Gasteiger partial charge in [-0.1, -0.05) is 0 Å². The molecule has 0 amide bonds. The molecule has 1 aliphatic heterocycles. The number of fused-ring (bicyclic) bond motifs is 1. The fourth-order valence-corrected chi connectivity index (χ4v) is 3.60. The summed E-state index contributed by atoms with van der Waals surface area (Å²) in [4.78, 5) is 4.15. The lowest BCUT2D eigenvalue weighted by molar-refractivity contribution is 0.185. The Labute approximate surface area is 131 Å². The highest BCUT2D eigenvalue weighted by molar-refractivity contribution is 14.1. The highest BCUT2D eigenvalue weighted by Gasteiger charge is 2.27. The van der Waals surface area contributed by atoms with Crippen LogP contribution in [-0.2, 0) is 4.74 Å². The molecule has 20 heavy (non-hydrogen) atoms. The van der Waals surface area contributed by atoms with E-state index in [2.05, 4.69) is 42.7 Å². The van der Waals surface area contributed by atoms with Gasteiger partial charge in [-0.05, 0) is 41.5 Å². The van der Waals surface area contributed by atoms with Crippen LogP contribution < -0.4 is 11.1 Å². The van der Waals surface area contributed by atoms with E-state index in [-0.39, 0.29) is 0 Å². The van der Waals surface area contributed by atoms with E-state index in [1.165, 1.54) is 0 Å². The molecule has 2 aromatic heterocycles. The molecule has 3 rings (SSSR count). The zero-order chi connectivity index (χ0) is 14.1. The van der Waals surface area contributed by atoms with Crippen molar-refractivity contribution in [3.05, 3.63) is 16.0 Å². The third-order valence-corrected chi connectivity index (χ3v) is 4.58. The maximum atomic E-state index is 5.96. The summed E-state index contributed by atoms with van der Waals surface area (Å²) in [7, 11) is 1.74. The summed E-state index contributed by atoms with van der Waals surface area (Å²) in [5, 5.41) is 9.16. The van der Waals surface area contributed by atoms with Crippen molar-refractivity contribution in [1.82, 2.24) is 20.1 Å². The summed E-state index contributed by atoms with van der Waals surface area (Å²) < 4.78 is 8.16. The second-order valence-electron chi connectivity index (χ2n) is 5.10. The summed E-state index contributed by atoms with van der Waals surface area (Å²) in [5.41, 5.74) is 7.03. The standard InChI is InChI=1S/C13H18IN5O/c1-20-5-3-8-6-9(7-17-8)19-10-2-4-16-13(15)11(10)12(14)18-19/h2,4,8-9,17H,3,5-7H2,1H3,(H2,15,16)/t8-,9-/m0/s1. The van der Waals surface area contributed by atoms with Gasteiger partial charge in [-0.15, -0.1) is 0 Å². The van der Waals surface area contributed by atoms with Crippen LogP contribution >= 0.6 is 22.6 Å². The van der Waals surface area contributed by atoms with Gasteiger partial charge in [-0.3, -0.25) is 4.68 Å². The smallest absolute Gasteiger partial charge is 0.135 e. The molecule has 0 spiro atoms. The molecule has 1 aliphatic rings. The van der Waals surface area contributed by atoms with E-state index in [0.29, 0.717) is 17.9 Å². The number of aromatic nitrogens is 3. The first-order chi connectivity index (χ1) is 9.70. The quantitative estimate of drug-likeness (QED) is 0.779. The molecule has 2 aromatic rings. The number of pyridine rings is 1. The van der Waals surface area contributed by atoms with Gasteiger partial charge in [0, 0.05) is 32.5 Å². The van der Waals surface area contributed by atoms with E-state index in [9.17, 15) is 0 Å². The number of nitrogens with two attached hydrogens (primary N) is 1. The first-order valence-corrected chi connectivity index (χ1v) is 7.79. The normalized spacial score (nSPS) is 22.7. The third kappa shape index (κ3) is 2.49. The molecule has 0 unspecified atom stereocenters. The number of anilines is 1. The fourth-order valence-electron chi connectivity index (χ4n) is 2.81. The molecular weight excluding hydrogens is 369 g/mol. The van der Waals surface area contributed by atoms with E-state index in [1.54, 1.807) is 13.3 Å². The summed E-state index contributed by atoms with van der Waals surface area (Å²) >= 11 is 2.23. The average molecular weight is 387 g/mol. The number of hydrogen-bond acceptors (Lipinski definition) is 5. The Morgan fingerprint density at radius 1 is 1.60 bits per heavy atom. The van der Waals surface area contributed by atoms with Crippen molar-refractivity contribution in [2.45, 2.75) is 24.9 Å². The second-order valence-corrected chi connectivity index (χ2v) is 6.12. The molecule has 1 saturated heterocycles. The number of halogens is 1. The number of rotatable bonds is 4. The van der Waals surface area contributed by atoms with Gasteiger partial charge >= 0.3 is 0 Å². The minimum Gasteiger partial charge on any atom is -0.385 e. The predicted octanol–water partition coefficient (Wildman–Crippen LogP) is 1.56. The van der Waals surface area contributed by atoms with Crippen molar-refractivity contribution in [2.24, 2.45) is 0 Å². The highest BCUT2D eigenvalue weighted by Crippen LogP contribution is 2.30. The lowest BCUT2D eigenvalue weighted by atomic mass is 10.1. The number of hydrogen-bond donors (Lipinski definition) is 2. The lowest BCUT2D eigenvalue weighted by Gasteiger charge is -2.12. The molecule has 3 heterocycles. The Morgan fingerprint density at radius 3 is 3.25 bits per heavy atom. The Bertz CT molecular complexity index is 614. The van der Waals surface area contributed by atoms with Crippen LogP contribution in [0.4, 0.5) is 5.82 Å². The maximum absolute atomic E-state index is 5.96. The van der Waals surface area contributed by atoms with E-state index >= 15 is 0 Å². The first kappa shape index (κ1) is 14.0. The fraction of sp³-hybridized carbons (Fsp3) is 0.538. The lowest BCUT2D eigenvalue weighted by Crippen LogP contribution is -2.22. The van der Waals surface area contributed by atoms with Crippen molar-refractivity contribution in [2.75, 3.05) is 26.0 Å². The van der Waals surface area contributed by atoms with Crippen LogP contribution in [0.1, 0.15) is 18.9 Å². The molecule has 0 bridgehead atoms. The summed E-state index contributed by atoms with van der Waals surface area (Å²) in [6.07, 6.45) is 3.85. The molecule has 0 radical (unpaired) electrons. The van der Waals surface area contributed by atoms with E-state index in [4.69, 9.17) is 10.5 Å². The molecule has 0 saturated carbocycles. The molecule has 108 valence electrons. The summed E-state index contributed by atoms with van der Waals surface area (Å²) in [6, 6.07) is 2.85. The number of nitrogen functional groups attached to an aromatic ring is 1. The molecule has 7 heteroatoms. The Morgan fingerprint density at radius 2 is 2.45 bits per heavy atom. The van der Waals surface area contributed by atoms with Gasteiger partial charge in [-0.2, -0.15) is 5.10 Å². The van der Waals surface area contributed by atoms with Gasteiger partial charge in [0.05, 0.1) is 16.9 Å². The zero-order valence-electron chi connectivity index (χ0n) is 11.3. The SMILES string of the molecule is COCC[C@H]1C[C@H](n2nc(I)c3c(N)nccc32)CN1. The predicted molar refractivity (Wildman–Crippen MR) is 86.6 cm³/mol. The third-order valence-electron chi connectivity index (χ3n) is 3.82. The van der Waals surface area contributed by atoms with Crippen molar-refractivity contribution in [3.63, 3.8) is 0 Å². The topological polar surface area (TPSA) is 78.0 Å². The van der Waals surface area contributed by atoms with Crippen LogP contribution in [0.25, 0.3) is 10.9 Å². The van der Waals surface area contributed by atoms with Crippen LogP contribution in [0.3, 0.4) is 0 Å². The largest absolute Gasteiger partial charge is 0.385 e. The molecule has 6 nitrogen and oxygen atoms in total. The zero-order valence-corrected chi connectivity index (χ0v) is 13.5. The number of nitrogens with zero attached hydrogens (tertiary/aromatic N) is 3. The molecule has 2 atom stereocenters. The van der Waals surface area contributed by atoms with Gasteiger partial charge in [0.15, 0.2) is 0 Å². The molecule has 0 aromatic carbocycles. The van der Waals surface area contributed by atoms with Crippen LogP contribution in [0, 0.1) is 3.70 Å². The van der Waals surface area contributed by atoms with Gasteiger partial charge in [0.1, 0.15) is 9.52 Å². The minimum absolute atomic E-state index is 0.365. The van der Waals surface area contributed by atoms with Crippen LogP contribution in [0.15, 0.2) is 12.3 Å². The molecular formula is C13H18IN5O. The summed E-state index contributed by atoms with van der Waals surface area (Å²) in [5.74, 6) is 0.556. The van der Waals surface area contributed by atoms with Gasteiger partial charge in [-0.25, -0.2) is 4.98 Å². The van der Waals surface area contributed by atoms with E-state index in [0.717, 1.165) is 40.6 Å². The van der Waals surface area contributed by atoms with Gasteiger partial charge < -0.3 is 15.8 Å². The Kier molecular flexibility index (Phi) is 4.08. The molecule has 0 aliphatic carbocycles. The number of nitrogens with one attached hydrogen (secondary N) is 1. The van der Waals surface area contributed by atoms with Crippen LogP contribution in [-0.4, -0.2) is 41.1 Å². The molecule has 3 N–H and O–H groups in total. The van der Waals surface area contributed by atoms with Crippen molar-refractivity contribution in [3.8, 4) is 0 Å². The van der Waals surface area contributed by atoms with Crippen molar-refractivity contribution < 1.29 is 4.74 Å². The summed E-state index contributed by atoms with van der Waals surface area (Å²) in [6.45, 7) is 1.72. The second kappa shape index (κ2) is 5.82. The monoisotopic (exact) mass is 387 g/mol. The highest BCUT2D eigenvalue weighted by atomic mass is 127. The Hall–Kier alpha value is -0.930. The van der Waals surface area contributed by atoms with E-state index in [1.807, 2.05) is 6.07 Å². The number of ether oxygens (including phenoxy) is 1. The van der Waals surface area contributed by atoms with Gasteiger partial charge in [0.25, 0.3) is 0 Å². The van der Waals surface area contributed by atoms with Crippen LogP contribution in [0.2, 0.25) is 0 Å². The minimum atomic E-state index is 0.365. The van der Waals surface area contributed by atoms with Gasteiger partial charge in [0.2, 0.25) is 0 Å². The van der Waals surface area contributed by atoms with Crippen molar-refractivity contribution >= 4 is 39.3 Å². The van der Waals surface area contributed by atoms with E-state index < -0.39 is 0 Å². The van der Waals surface area contributed by atoms with Crippen LogP contribution in [0.5, 0.6) is 0 Å². The van der Waals surface area contributed by atoms with Crippen molar-refractivity contribution in [1.29, 1.82) is 0 Å². The molecule has 1 fully saturated rings. The maximum Gasteiger partial charge on any atom is 0.135 e. The Balaban J connectivity index is 1.87. The number of methoxy groups -OCH3 is 1. The first-order valence-electron chi connectivity index (χ1n) is 6.71.